The van der Waals surface area contributed by atoms with Gasteiger partial charge in [0.2, 0.25) is 0 Å². The van der Waals surface area contributed by atoms with E-state index in [0.29, 0.717) is 6.42 Å². The Kier molecular flexibility index (Phi) is 2.08. The monoisotopic (exact) mass is 216 g/mol. The Hall–Kier alpha value is -0.540. The average molecular weight is 217 g/mol. The van der Waals surface area contributed by atoms with E-state index in [0.717, 1.165) is 4.88 Å². The van der Waals surface area contributed by atoms with Gasteiger partial charge in [-0.2, -0.15) is 0 Å². The minimum absolute atomic E-state index is 0.155. The van der Waals surface area contributed by atoms with E-state index in [2.05, 4.69) is 4.74 Å². The van der Waals surface area contributed by atoms with E-state index in [9.17, 15) is 4.79 Å². The number of thiophene rings is 1. The number of carbonyl (C=O) groups is 1. The Morgan fingerprint density at radius 2 is 2.62 bits per heavy atom. The number of ether oxygens (including phenoxy) is 1. The van der Waals surface area contributed by atoms with Crippen molar-refractivity contribution in [2.45, 2.75) is 11.3 Å². The van der Waals surface area contributed by atoms with E-state index >= 15 is 0 Å². The van der Waals surface area contributed by atoms with Crippen LogP contribution in [0.3, 0.4) is 0 Å². The first-order valence-electron chi connectivity index (χ1n) is 3.99. The van der Waals surface area contributed by atoms with Crippen LogP contribution in [0.2, 0.25) is 0 Å². The predicted octanol–water partition coefficient (Wildman–Crippen LogP) is 2.38. The van der Waals surface area contributed by atoms with E-state index in [1.807, 2.05) is 17.5 Å². The van der Waals surface area contributed by atoms with E-state index in [1.165, 1.54) is 7.11 Å². The maximum absolute atomic E-state index is 11.2. The molecule has 4 heteroatoms. The number of halogens is 1. The van der Waals surface area contributed by atoms with Crippen LogP contribution in [-0.2, 0) is 14.4 Å². The second-order valence-corrected chi connectivity index (χ2v) is 4.74. The van der Waals surface area contributed by atoms with Crippen LogP contribution in [0.1, 0.15) is 11.3 Å². The minimum atomic E-state index is -0.471. The van der Waals surface area contributed by atoms with Crippen LogP contribution in [0.4, 0.5) is 0 Å². The third kappa shape index (κ3) is 1.36. The lowest BCUT2D eigenvalue weighted by Crippen LogP contribution is -2.09. The molecular formula is C9H9ClO2S. The molecule has 0 bridgehead atoms. The van der Waals surface area contributed by atoms with Gasteiger partial charge >= 0.3 is 5.97 Å². The first-order valence-corrected chi connectivity index (χ1v) is 5.25. The number of hydrogen-bond donors (Lipinski definition) is 0. The minimum Gasteiger partial charge on any atom is -0.469 e. The van der Waals surface area contributed by atoms with Crippen molar-refractivity contribution in [1.29, 1.82) is 0 Å². The van der Waals surface area contributed by atoms with Crippen LogP contribution < -0.4 is 0 Å². The van der Waals surface area contributed by atoms with Crippen molar-refractivity contribution in [2.24, 2.45) is 5.92 Å². The number of carbonyl (C=O) groups excluding carboxylic acids is 1. The zero-order chi connectivity index (χ0) is 9.47. The summed E-state index contributed by atoms with van der Waals surface area (Å²) < 4.78 is 4.65. The van der Waals surface area contributed by atoms with Crippen LogP contribution in [0.5, 0.6) is 0 Å². The fourth-order valence-corrected chi connectivity index (χ4v) is 2.76. The molecule has 1 fully saturated rings. The van der Waals surface area contributed by atoms with Crippen molar-refractivity contribution in [1.82, 2.24) is 0 Å². The summed E-state index contributed by atoms with van der Waals surface area (Å²) in [6.45, 7) is 0. The third-order valence-electron chi connectivity index (χ3n) is 2.31. The first kappa shape index (κ1) is 9.03. The molecule has 1 aromatic rings. The maximum Gasteiger partial charge on any atom is 0.310 e. The zero-order valence-corrected chi connectivity index (χ0v) is 8.69. The summed E-state index contributed by atoms with van der Waals surface area (Å²) >= 11 is 7.84. The molecule has 0 amide bonds. The van der Waals surface area contributed by atoms with Gasteiger partial charge in [0.15, 0.2) is 0 Å². The molecule has 1 aliphatic rings. The van der Waals surface area contributed by atoms with Crippen LogP contribution in [0.15, 0.2) is 17.5 Å². The Balaban J connectivity index is 2.15. The Morgan fingerprint density at radius 1 is 1.85 bits per heavy atom. The Bertz CT molecular complexity index is 322. The Labute approximate surface area is 85.5 Å². The molecule has 0 aromatic carbocycles. The highest BCUT2D eigenvalue weighted by Gasteiger charge is 2.59. The zero-order valence-electron chi connectivity index (χ0n) is 7.12. The molecule has 2 atom stereocenters. The number of methoxy groups -OCH3 is 1. The summed E-state index contributed by atoms with van der Waals surface area (Å²) in [5.41, 5.74) is 0. The van der Waals surface area contributed by atoms with E-state index in [1.54, 1.807) is 11.3 Å². The molecule has 1 saturated carbocycles. The fraction of sp³-hybridized carbons (Fsp3) is 0.444. The normalized spacial score (nSPS) is 31.4. The molecule has 2 nitrogen and oxygen atoms in total. The molecule has 1 aliphatic carbocycles. The molecule has 2 rings (SSSR count). The predicted molar refractivity (Wildman–Crippen MR) is 52.0 cm³/mol. The van der Waals surface area contributed by atoms with Gasteiger partial charge in [-0.05, 0) is 17.9 Å². The van der Waals surface area contributed by atoms with Crippen molar-refractivity contribution in [2.75, 3.05) is 7.11 Å². The van der Waals surface area contributed by atoms with E-state index in [4.69, 9.17) is 11.6 Å². The van der Waals surface area contributed by atoms with E-state index in [-0.39, 0.29) is 11.9 Å². The summed E-state index contributed by atoms with van der Waals surface area (Å²) in [5, 5.41) is 1.96. The van der Waals surface area contributed by atoms with Gasteiger partial charge in [-0.1, -0.05) is 6.07 Å². The lowest BCUT2D eigenvalue weighted by atomic mass is 10.2. The average Bonchev–Trinajstić information content (AvgIpc) is 2.64. The fourth-order valence-electron chi connectivity index (χ4n) is 1.44. The van der Waals surface area contributed by atoms with Gasteiger partial charge in [0.25, 0.3) is 0 Å². The molecule has 0 radical (unpaired) electrons. The van der Waals surface area contributed by atoms with Gasteiger partial charge in [0, 0.05) is 4.88 Å². The Morgan fingerprint density at radius 3 is 3.15 bits per heavy atom. The largest absolute Gasteiger partial charge is 0.469 e. The summed E-state index contributed by atoms with van der Waals surface area (Å²) in [7, 11) is 1.40. The highest BCUT2D eigenvalue weighted by Crippen LogP contribution is 2.59. The lowest BCUT2D eigenvalue weighted by Gasteiger charge is -2.04. The molecule has 0 N–H and O–H groups in total. The third-order valence-corrected chi connectivity index (χ3v) is 4.09. The van der Waals surface area contributed by atoms with Crippen LogP contribution >= 0.6 is 22.9 Å². The number of rotatable bonds is 2. The SMILES string of the molecule is COC(=O)C1CC1(Cl)c1cccs1. The van der Waals surface area contributed by atoms with E-state index < -0.39 is 4.87 Å². The number of alkyl halides is 1. The van der Waals surface area contributed by atoms with Gasteiger partial charge < -0.3 is 4.74 Å². The van der Waals surface area contributed by atoms with Crippen molar-refractivity contribution >= 4 is 28.9 Å². The molecule has 0 spiro atoms. The topological polar surface area (TPSA) is 26.3 Å². The second-order valence-electron chi connectivity index (χ2n) is 3.12. The quantitative estimate of drug-likeness (QED) is 0.561. The molecule has 0 aliphatic heterocycles. The van der Waals surface area contributed by atoms with Gasteiger partial charge in [-0.15, -0.1) is 22.9 Å². The van der Waals surface area contributed by atoms with Crippen molar-refractivity contribution in [3.8, 4) is 0 Å². The van der Waals surface area contributed by atoms with Gasteiger partial charge in [-0.25, -0.2) is 0 Å². The summed E-state index contributed by atoms with van der Waals surface area (Å²) in [6.07, 6.45) is 0.696. The van der Waals surface area contributed by atoms with Crippen LogP contribution in [0, 0.1) is 5.92 Å². The van der Waals surface area contributed by atoms with Gasteiger partial charge in [-0.3, -0.25) is 4.79 Å². The van der Waals surface area contributed by atoms with Crippen molar-refractivity contribution in [3.05, 3.63) is 22.4 Å². The molecular weight excluding hydrogens is 208 g/mol. The molecule has 2 unspecified atom stereocenters. The summed E-state index contributed by atoms with van der Waals surface area (Å²) in [6, 6.07) is 3.90. The van der Waals surface area contributed by atoms with Crippen LogP contribution in [0.25, 0.3) is 0 Å². The molecule has 1 aromatic heterocycles. The summed E-state index contributed by atoms with van der Waals surface area (Å²) in [5.74, 6) is -0.360. The highest BCUT2D eigenvalue weighted by atomic mass is 35.5. The molecule has 0 saturated heterocycles. The molecule has 1 heterocycles. The standard InChI is InChI=1S/C9H9ClO2S/c1-12-8(11)6-5-9(6,10)7-3-2-4-13-7/h2-4,6H,5H2,1H3. The maximum atomic E-state index is 11.2. The lowest BCUT2D eigenvalue weighted by molar-refractivity contribution is -0.142. The number of hydrogen-bond acceptors (Lipinski definition) is 3. The number of esters is 1. The first-order chi connectivity index (χ1) is 6.18. The highest BCUT2D eigenvalue weighted by molar-refractivity contribution is 7.10. The van der Waals surface area contributed by atoms with Gasteiger partial charge in [0.1, 0.15) is 0 Å². The van der Waals surface area contributed by atoms with Crippen molar-refractivity contribution < 1.29 is 9.53 Å². The second kappa shape index (κ2) is 3.00. The van der Waals surface area contributed by atoms with Gasteiger partial charge in [0.05, 0.1) is 17.9 Å². The smallest absolute Gasteiger partial charge is 0.310 e. The van der Waals surface area contributed by atoms with Crippen molar-refractivity contribution in [3.63, 3.8) is 0 Å². The molecule has 70 valence electrons. The van der Waals surface area contributed by atoms with Crippen LogP contribution in [-0.4, -0.2) is 13.1 Å². The summed E-state index contributed by atoms with van der Waals surface area (Å²) in [4.78, 5) is 11.8. The molecule has 13 heavy (non-hydrogen) atoms.